The van der Waals surface area contributed by atoms with Crippen molar-refractivity contribution in [2.24, 2.45) is 0 Å². The van der Waals surface area contributed by atoms with Crippen molar-refractivity contribution in [3.05, 3.63) is 60.6 Å². The molecule has 0 fully saturated rings. The van der Waals surface area contributed by atoms with Gasteiger partial charge in [-0.05, 0) is 18.2 Å². The summed E-state index contributed by atoms with van der Waals surface area (Å²) in [6.45, 7) is 0. The van der Waals surface area contributed by atoms with Gasteiger partial charge in [0.25, 0.3) is 11.4 Å². The third kappa shape index (κ3) is 3.28. The Hall–Kier alpha value is -2.36. The van der Waals surface area contributed by atoms with Gasteiger partial charge in [-0.15, -0.1) is 12.6 Å². The van der Waals surface area contributed by atoms with E-state index in [0.717, 1.165) is 23.1 Å². The molecule has 0 radical (unpaired) electrons. The maximum atomic E-state index is 11.5. The van der Waals surface area contributed by atoms with E-state index in [1.165, 1.54) is 12.1 Å². The first kappa shape index (κ1) is 18.0. The van der Waals surface area contributed by atoms with Crippen molar-refractivity contribution in [1.82, 2.24) is 0 Å². The molecule has 1 amide bonds. The largest absolute Gasteiger partial charge is 0.300 e. The summed E-state index contributed by atoms with van der Waals surface area (Å²) in [7, 11) is 0. The first-order valence-corrected chi connectivity index (χ1v) is 7.32. The fourth-order valence-electron chi connectivity index (χ4n) is 1.96. The number of thiol groups is 1. The highest BCUT2D eigenvalue weighted by atomic mass is 35.5. The Balaban J connectivity index is 2.73. The lowest BCUT2D eigenvalue weighted by atomic mass is 10.2. The SMILES string of the molecule is O=CN(c1ccc([N+](=O)[O-])cc1[N+](=O)[O-])c1c(S)ccc(Cl)c1Cl. The molecule has 0 saturated heterocycles. The Morgan fingerprint density at radius 2 is 1.75 bits per heavy atom. The molecule has 0 saturated carbocycles. The molecule has 11 heteroatoms. The summed E-state index contributed by atoms with van der Waals surface area (Å²) in [5.41, 5.74) is -1.31. The van der Waals surface area contributed by atoms with Gasteiger partial charge in [-0.3, -0.25) is 29.9 Å². The zero-order chi connectivity index (χ0) is 18.0. The second-order valence-electron chi connectivity index (χ2n) is 4.39. The Kier molecular flexibility index (Phi) is 5.27. The highest BCUT2D eigenvalue weighted by molar-refractivity contribution is 7.80. The summed E-state index contributed by atoms with van der Waals surface area (Å²) in [5.74, 6) is 0. The molecule has 0 aliphatic rings. The molecule has 0 N–H and O–H groups in total. The van der Waals surface area contributed by atoms with E-state index in [0.29, 0.717) is 0 Å². The minimum Gasteiger partial charge on any atom is -0.278 e. The normalized spacial score (nSPS) is 10.3. The Morgan fingerprint density at radius 3 is 2.29 bits per heavy atom. The predicted octanol–water partition coefficient (Wildman–Crippen LogP) is 4.39. The molecule has 24 heavy (non-hydrogen) atoms. The van der Waals surface area contributed by atoms with Gasteiger partial charge in [0.2, 0.25) is 6.41 Å². The number of rotatable bonds is 5. The van der Waals surface area contributed by atoms with E-state index < -0.39 is 21.2 Å². The molecule has 0 atom stereocenters. The van der Waals surface area contributed by atoms with Gasteiger partial charge in [-0.1, -0.05) is 23.2 Å². The van der Waals surface area contributed by atoms with Crippen LogP contribution in [-0.2, 0) is 4.79 Å². The maximum absolute atomic E-state index is 11.5. The summed E-state index contributed by atoms with van der Waals surface area (Å²) in [6, 6.07) is 5.77. The second kappa shape index (κ2) is 7.04. The van der Waals surface area contributed by atoms with Gasteiger partial charge < -0.3 is 0 Å². The van der Waals surface area contributed by atoms with Gasteiger partial charge in [-0.2, -0.15) is 0 Å². The van der Waals surface area contributed by atoms with Crippen LogP contribution in [0.15, 0.2) is 35.2 Å². The van der Waals surface area contributed by atoms with Crippen LogP contribution in [0.4, 0.5) is 22.7 Å². The standard InChI is InChI=1S/C13H7Cl2N3O5S/c14-8-2-4-11(24)13(12(8)15)16(6-19)9-3-1-7(17(20)21)5-10(9)18(22)23/h1-6,24H. The molecule has 2 aromatic carbocycles. The Morgan fingerprint density at radius 1 is 1.08 bits per heavy atom. The lowest BCUT2D eigenvalue weighted by Gasteiger charge is -2.21. The molecule has 0 aliphatic carbocycles. The van der Waals surface area contributed by atoms with Crippen LogP contribution in [0.2, 0.25) is 10.0 Å². The number of anilines is 2. The first-order chi connectivity index (χ1) is 11.3. The number of hydrogen-bond donors (Lipinski definition) is 1. The monoisotopic (exact) mass is 387 g/mol. The summed E-state index contributed by atoms with van der Waals surface area (Å²) < 4.78 is 0. The van der Waals surface area contributed by atoms with E-state index in [2.05, 4.69) is 12.6 Å². The molecule has 2 aromatic rings. The minimum absolute atomic E-state index is 0.0273. The van der Waals surface area contributed by atoms with E-state index in [1.54, 1.807) is 0 Å². The van der Waals surface area contributed by atoms with Gasteiger partial charge >= 0.3 is 0 Å². The lowest BCUT2D eigenvalue weighted by Crippen LogP contribution is -2.17. The molecular formula is C13H7Cl2N3O5S. The molecule has 0 bridgehead atoms. The summed E-state index contributed by atoms with van der Waals surface area (Å²) in [4.78, 5) is 33.1. The van der Waals surface area contributed by atoms with E-state index in [1.807, 2.05) is 0 Å². The number of non-ortho nitro benzene ring substituents is 1. The highest BCUT2D eigenvalue weighted by Gasteiger charge is 2.27. The quantitative estimate of drug-likeness (QED) is 0.354. The predicted molar refractivity (Wildman–Crippen MR) is 91.7 cm³/mol. The average molecular weight is 388 g/mol. The van der Waals surface area contributed by atoms with Crippen molar-refractivity contribution in [2.75, 3.05) is 4.90 Å². The van der Waals surface area contributed by atoms with Crippen LogP contribution in [0, 0.1) is 20.2 Å². The van der Waals surface area contributed by atoms with Gasteiger partial charge in [0.15, 0.2) is 0 Å². The minimum atomic E-state index is -0.838. The Labute approximate surface area is 150 Å². The summed E-state index contributed by atoms with van der Waals surface area (Å²) in [6.07, 6.45) is 0.283. The van der Waals surface area contributed by atoms with Crippen LogP contribution in [0.25, 0.3) is 0 Å². The molecular weight excluding hydrogens is 381 g/mol. The zero-order valence-electron chi connectivity index (χ0n) is 11.6. The molecule has 0 unspecified atom stereocenters. The van der Waals surface area contributed by atoms with E-state index >= 15 is 0 Å². The number of nitro groups is 2. The Bertz CT molecular complexity index is 862. The van der Waals surface area contributed by atoms with E-state index in [9.17, 15) is 25.0 Å². The van der Waals surface area contributed by atoms with Crippen molar-refractivity contribution in [1.29, 1.82) is 0 Å². The number of nitrogens with zero attached hydrogens (tertiary/aromatic N) is 3. The number of hydrogen-bond acceptors (Lipinski definition) is 6. The van der Waals surface area contributed by atoms with Crippen LogP contribution in [0.3, 0.4) is 0 Å². The lowest BCUT2D eigenvalue weighted by molar-refractivity contribution is -0.393. The molecule has 124 valence electrons. The average Bonchev–Trinajstić information content (AvgIpc) is 2.54. The number of benzene rings is 2. The van der Waals surface area contributed by atoms with Gasteiger partial charge in [-0.25, -0.2) is 0 Å². The topological polar surface area (TPSA) is 107 Å². The zero-order valence-corrected chi connectivity index (χ0v) is 14.0. The smallest absolute Gasteiger partial charge is 0.278 e. The van der Waals surface area contributed by atoms with E-state index in [-0.39, 0.29) is 32.7 Å². The van der Waals surface area contributed by atoms with Crippen LogP contribution in [-0.4, -0.2) is 16.3 Å². The first-order valence-electron chi connectivity index (χ1n) is 6.12. The maximum Gasteiger partial charge on any atom is 0.300 e. The van der Waals surface area contributed by atoms with Gasteiger partial charge in [0.05, 0.1) is 31.6 Å². The van der Waals surface area contributed by atoms with E-state index in [4.69, 9.17) is 23.2 Å². The van der Waals surface area contributed by atoms with Crippen LogP contribution in [0.5, 0.6) is 0 Å². The third-order valence-corrected chi connectivity index (χ3v) is 4.18. The van der Waals surface area contributed by atoms with Crippen molar-refractivity contribution in [3.63, 3.8) is 0 Å². The van der Waals surface area contributed by atoms with Crippen molar-refractivity contribution in [2.45, 2.75) is 4.90 Å². The number of carbonyl (C=O) groups excluding carboxylic acids is 1. The van der Waals surface area contributed by atoms with Gasteiger partial charge in [0.1, 0.15) is 5.69 Å². The highest BCUT2D eigenvalue weighted by Crippen LogP contribution is 2.43. The number of nitro benzene ring substituents is 2. The van der Waals surface area contributed by atoms with Crippen molar-refractivity contribution >= 4 is 65.0 Å². The summed E-state index contributed by atoms with van der Waals surface area (Å²) in [5, 5.41) is 22.1. The van der Waals surface area contributed by atoms with Crippen LogP contribution < -0.4 is 4.90 Å². The van der Waals surface area contributed by atoms with Crippen molar-refractivity contribution < 1.29 is 14.6 Å². The second-order valence-corrected chi connectivity index (χ2v) is 5.66. The fourth-order valence-corrected chi connectivity index (χ4v) is 2.73. The van der Waals surface area contributed by atoms with Crippen molar-refractivity contribution in [3.8, 4) is 0 Å². The fraction of sp³-hybridized carbons (Fsp3) is 0. The molecule has 0 spiro atoms. The third-order valence-electron chi connectivity index (χ3n) is 3.02. The molecule has 2 rings (SSSR count). The molecule has 8 nitrogen and oxygen atoms in total. The number of halogens is 2. The van der Waals surface area contributed by atoms with Crippen LogP contribution in [0.1, 0.15) is 0 Å². The molecule has 0 aromatic heterocycles. The number of carbonyl (C=O) groups is 1. The summed E-state index contributed by atoms with van der Waals surface area (Å²) >= 11 is 16.2. The van der Waals surface area contributed by atoms with Crippen LogP contribution >= 0.6 is 35.8 Å². The molecule has 0 heterocycles. The molecule has 0 aliphatic heterocycles. The van der Waals surface area contributed by atoms with Gasteiger partial charge in [0, 0.05) is 11.0 Å². The number of amides is 1.